The van der Waals surface area contributed by atoms with E-state index in [1.165, 1.54) is 0 Å². The average molecular weight is 528 g/mol. The highest BCUT2D eigenvalue weighted by Gasteiger charge is 2.15. The molecule has 1 heterocycles. The topological polar surface area (TPSA) is 106 Å². The molecular formula is C23H19Cl2N7O2S. The summed E-state index contributed by atoms with van der Waals surface area (Å²) in [6.07, 6.45) is 0. The van der Waals surface area contributed by atoms with Gasteiger partial charge in [-0.15, -0.1) is 10.2 Å². The monoisotopic (exact) mass is 527 g/mol. The van der Waals surface area contributed by atoms with E-state index in [2.05, 4.69) is 31.6 Å². The summed E-state index contributed by atoms with van der Waals surface area (Å²) in [5.74, 6) is 0.759. The quantitative estimate of drug-likeness (QED) is 0.243. The van der Waals surface area contributed by atoms with Crippen LogP contribution < -0.4 is 20.9 Å². The van der Waals surface area contributed by atoms with Crippen molar-refractivity contribution in [2.75, 3.05) is 5.32 Å². The van der Waals surface area contributed by atoms with E-state index in [1.54, 1.807) is 36.4 Å². The van der Waals surface area contributed by atoms with Gasteiger partial charge in [0, 0.05) is 10.7 Å². The van der Waals surface area contributed by atoms with Crippen LogP contribution in [0.4, 0.5) is 5.69 Å². The van der Waals surface area contributed by atoms with Crippen molar-refractivity contribution in [3.05, 3.63) is 82.3 Å². The summed E-state index contributed by atoms with van der Waals surface area (Å²) in [4.78, 5) is 13.5. The Kier molecular flexibility index (Phi) is 7.76. The van der Waals surface area contributed by atoms with E-state index in [0.29, 0.717) is 27.1 Å². The third-order valence-corrected chi connectivity index (χ3v) is 5.31. The first-order valence-corrected chi connectivity index (χ1v) is 11.5. The van der Waals surface area contributed by atoms with Crippen molar-refractivity contribution in [2.45, 2.75) is 13.5 Å². The molecule has 0 bridgehead atoms. The summed E-state index contributed by atoms with van der Waals surface area (Å²) in [6.45, 7) is 1.79. The highest BCUT2D eigenvalue weighted by molar-refractivity contribution is 7.80. The van der Waals surface area contributed by atoms with E-state index in [-0.39, 0.29) is 17.5 Å². The fraction of sp³-hybridized carbons (Fsp3) is 0.0870. The fourth-order valence-corrected chi connectivity index (χ4v) is 3.63. The molecule has 0 radical (unpaired) electrons. The lowest BCUT2D eigenvalue weighted by atomic mass is 10.2. The number of thiocarbonyl (C=S) groups is 1. The Hall–Kier alpha value is -3.73. The van der Waals surface area contributed by atoms with E-state index in [4.69, 9.17) is 40.2 Å². The highest BCUT2D eigenvalue weighted by Crippen LogP contribution is 2.35. The Morgan fingerprint density at radius 1 is 1.03 bits per heavy atom. The predicted molar refractivity (Wildman–Crippen MR) is 138 cm³/mol. The minimum Gasteiger partial charge on any atom is -0.455 e. The van der Waals surface area contributed by atoms with Crippen LogP contribution in [0.2, 0.25) is 10.0 Å². The van der Waals surface area contributed by atoms with Crippen molar-refractivity contribution >= 4 is 52.1 Å². The maximum atomic E-state index is 12.3. The van der Waals surface area contributed by atoms with Gasteiger partial charge < -0.3 is 10.1 Å². The van der Waals surface area contributed by atoms with Gasteiger partial charge in [-0.3, -0.25) is 15.6 Å². The Morgan fingerprint density at radius 2 is 1.86 bits per heavy atom. The molecule has 9 nitrogen and oxygen atoms in total. The number of carbonyl (C=O) groups is 1. The van der Waals surface area contributed by atoms with Gasteiger partial charge in [-0.1, -0.05) is 47.5 Å². The van der Waals surface area contributed by atoms with Crippen molar-refractivity contribution in [1.82, 2.24) is 31.1 Å². The Labute approximate surface area is 216 Å². The number of hydrogen-bond acceptors (Lipinski definition) is 6. The van der Waals surface area contributed by atoms with Gasteiger partial charge in [0.15, 0.2) is 5.11 Å². The molecule has 0 spiro atoms. The van der Waals surface area contributed by atoms with Crippen molar-refractivity contribution in [2.24, 2.45) is 0 Å². The molecule has 0 aliphatic carbocycles. The number of anilines is 1. The maximum Gasteiger partial charge on any atom is 0.262 e. The summed E-state index contributed by atoms with van der Waals surface area (Å²) in [7, 11) is 0. The zero-order chi connectivity index (χ0) is 24.8. The zero-order valence-corrected chi connectivity index (χ0v) is 20.7. The van der Waals surface area contributed by atoms with Gasteiger partial charge >= 0.3 is 0 Å². The SMILES string of the molecule is Cc1cccc(NC(=S)NNC(=O)Cn2nnc(-c3ccccc3Oc3ccc(Cl)cc3Cl)n2)c1. The van der Waals surface area contributed by atoms with Crippen LogP contribution in [0, 0.1) is 6.92 Å². The van der Waals surface area contributed by atoms with Gasteiger partial charge in [0.1, 0.15) is 18.0 Å². The Balaban J connectivity index is 1.37. The summed E-state index contributed by atoms with van der Waals surface area (Å²) in [5, 5.41) is 16.4. The molecule has 0 atom stereocenters. The van der Waals surface area contributed by atoms with Crippen LogP contribution in [0.5, 0.6) is 11.5 Å². The van der Waals surface area contributed by atoms with Crippen LogP contribution in [0.1, 0.15) is 5.56 Å². The van der Waals surface area contributed by atoms with Crippen LogP contribution in [0.25, 0.3) is 11.4 Å². The number of aromatic nitrogens is 4. The Bertz CT molecular complexity index is 1380. The van der Waals surface area contributed by atoms with E-state index in [1.807, 2.05) is 37.3 Å². The molecule has 1 amide bonds. The minimum atomic E-state index is -0.417. The van der Waals surface area contributed by atoms with Crippen LogP contribution in [0.3, 0.4) is 0 Å². The molecule has 3 aromatic carbocycles. The van der Waals surface area contributed by atoms with E-state index >= 15 is 0 Å². The number of carbonyl (C=O) groups excluding carboxylic acids is 1. The molecule has 0 saturated carbocycles. The molecule has 0 saturated heterocycles. The van der Waals surface area contributed by atoms with Crippen LogP contribution >= 0.6 is 35.4 Å². The van der Waals surface area contributed by atoms with Crippen LogP contribution in [0.15, 0.2) is 66.7 Å². The second-order valence-electron chi connectivity index (χ2n) is 7.31. The average Bonchev–Trinajstić information content (AvgIpc) is 3.28. The minimum absolute atomic E-state index is 0.181. The first kappa shape index (κ1) is 24.4. The number of nitrogens with one attached hydrogen (secondary N) is 3. The molecule has 4 aromatic rings. The Morgan fingerprint density at radius 3 is 2.66 bits per heavy atom. The largest absolute Gasteiger partial charge is 0.455 e. The molecule has 178 valence electrons. The number of benzene rings is 3. The third kappa shape index (κ3) is 6.66. The lowest BCUT2D eigenvalue weighted by Crippen LogP contribution is -2.45. The van der Waals surface area contributed by atoms with Crippen molar-refractivity contribution in [3.8, 4) is 22.9 Å². The number of para-hydroxylation sites is 1. The number of aryl methyl sites for hydroxylation is 1. The van der Waals surface area contributed by atoms with E-state index in [9.17, 15) is 4.79 Å². The van der Waals surface area contributed by atoms with Gasteiger partial charge in [0.05, 0.1) is 10.6 Å². The van der Waals surface area contributed by atoms with E-state index < -0.39 is 5.91 Å². The summed E-state index contributed by atoms with van der Waals surface area (Å²) in [5.41, 5.74) is 7.61. The van der Waals surface area contributed by atoms with Crippen molar-refractivity contribution < 1.29 is 9.53 Å². The number of rotatable bonds is 6. The normalized spacial score (nSPS) is 10.5. The molecular weight excluding hydrogens is 509 g/mol. The first-order chi connectivity index (χ1) is 16.9. The van der Waals surface area contributed by atoms with Crippen LogP contribution in [-0.2, 0) is 11.3 Å². The van der Waals surface area contributed by atoms with Crippen molar-refractivity contribution in [3.63, 3.8) is 0 Å². The number of nitrogens with zero attached hydrogens (tertiary/aromatic N) is 4. The number of halogens is 2. The number of hydrogen-bond donors (Lipinski definition) is 3. The molecule has 0 fully saturated rings. The highest BCUT2D eigenvalue weighted by atomic mass is 35.5. The van der Waals surface area contributed by atoms with Crippen molar-refractivity contribution in [1.29, 1.82) is 0 Å². The maximum absolute atomic E-state index is 12.3. The molecule has 3 N–H and O–H groups in total. The standard InChI is InChI=1S/C23H19Cl2N7O2S/c1-14-5-4-6-16(11-14)26-23(35)29-27-21(33)13-32-30-22(28-31-32)17-7-2-3-8-19(17)34-20-10-9-15(24)12-18(20)25/h2-12H,13H2,1H3,(H,27,33)(H2,26,29,35). The lowest BCUT2D eigenvalue weighted by molar-refractivity contribution is -0.122. The molecule has 4 rings (SSSR count). The fourth-order valence-electron chi connectivity index (χ4n) is 3.01. The second kappa shape index (κ2) is 11.1. The molecule has 0 unspecified atom stereocenters. The molecule has 0 aliphatic rings. The van der Waals surface area contributed by atoms with Gasteiger partial charge in [-0.05, 0) is 72.4 Å². The van der Waals surface area contributed by atoms with Gasteiger partial charge in [-0.2, -0.15) is 4.80 Å². The number of amides is 1. The van der Waals surface area contributed by atoms with Gasteiger partial charge in [0.2, 0.25) is 5.82 Å². The smallest absolute Gasteiger partial charge is 0.262 e. The summed E-state index contributed by atoms with van der Waals surface area (Å²) < 4.78 is 5.94. The second-order valence-corrected chi connectivity index (χ2v) is 8.57. The zero-order valence-electron chi connectivity index (χ0n) is 18.3. The summed E-state index contributed by atoms with van der Waals surface area (Å²) in [6, 6.07) is 19.7. The first-order valence-electron chi connectivity index (χ1n) is 10.3. The lowest BCUT2D eigenvalue weighted by Gasteiger charge is -2.11. The summed E-state index contributed by atoms with van der Waals surface area (Å²) >= 11 is 17.4. The number of hydrazine groups is 1. The van der Waals surface area contributed by atoms with Gasteiger partial charge in [-0.25, -0.2) is 0 Å². The molecule has 12 heteroatoms. The third-order valence-electron chi connectivity index (χ3n) is 4.57. The number of tetrazole rings is 1. The predicted octanol–water partition coefficient (Wildman–Crippen LogP) is 4.77. The molecule has 0 aliphatic heterocycles. The molecule has 35 heavy (non-hydrogen) atoms. The van der Waals surface area contributed by atoms with Gasteiger partial charge in [0.25, 0.3) is 5.91 Å². The van der Waals surface area contributed by atoms with E-state index in [0.717, 1.165) is 16.0 Å². The van der Waals surface area contributed by atoms with Crippen LogP contribution in [-0.4, -0.2) is 31.2 Å². The number of ether oxygens (including phenoxy) is 1. The molecule has 1 aromatic heterocycles.